The number of carbonyl (C=O) groups is 1. The van der Waals surface area contributed by atoms with Gasteiger partial charge in [0, 0.05) is 61.5 Å². The molecule has 0 saturated carbocycles. The van der Waals surface area contributed by atoms with Gasteiger partial charge in [0.1, 0.15) is 5.75 Å². The molecule has 1 amide bonds. The molecule has 3 rings (SSSR count). The largest absolute Gasteiger partial charge is 0.497 e. The standard InChI is InChI=1S/C28H38IN5O2/c1-18-7-8-25(33-15-19(2)34(17-29)20(3)16-33)12-27(18)28(35)32-21(4)22-9-23(11-26(10-22)36-6)24(13-30)14-31-5/h7-14,19-21,30-31H,15-17H2,1-6H3,(H,32,35)/b24-14+,30-13?/t19-,20+,21-/m1/s1. The van der Waals surface area contributed by atoms with Crippen LogP contribution in [0.1, 0.15) is 53.9 Å². The topological polar surface area (TPSA) is 80.7 Å². The maximum Gasteiger partial charge on any atom is 0.252 e. The average Bonchev–Trinajstić information content (AvgIpc) is 2.86. The molecule has 0 aromatic heterocycles. The van der Waals surface area contributed by atoms with Crippen LogP contribution in [-0.2, 0) is 0 Å². The van der Waals surface area contributed by atoms with E-state index in [1.165, 1.54) is 6.21 Å². The zero-order chi connectivity index (χ0) is 26.4. The molecule has 1 heterocycles. The highest BCUT2D eigenvalue weighted by Gasteiger charge is 2.29. The van der Waals surface area contributed by atoms with Crippen LogP contribution in [0.4, 0.5) is 5.69 Å². The second-order valence-electron chi connectivity index (χ2n) is 9.46. The second-order valence-corrected chi connectivity index (χ2v) is 10.1. The molecule has 1 fully saturated rings. The molecule has 36 heavy (non-hydrogen) atoms. The van der Waals surface area contributed by atoms with Crippen molar-refractivity contribution in [2.75, 3.05) is 36.7 Å². The van der Waals surface area contributed by atoms with Gasteiger partial charge in [0.2, 0.25) is 0 Å². The van der Waals surface area contributed by atoms with E-state index < -0.39 is 0 Å². The molecule has 2 aromatic carbocycles. The molecule has 0 aliphatic carbocycles. The molecule has 1 saturated heterocycles. The molecular formula is C28H38IN5O2. The molecule has 0 radical (unpaired) electrons. The Bertz CT molecular complexity index is 1110. The Kier molecular flexibility index (Phi) is 9.78. The van der Waals surface area contributed by atoms with E-state index in [0.29, 0.717) is 23.4 Å². The SMILES string of the molecule is CN/C=C(\C=N)c1cc(OC)cc([C@@H](C)NC(=O)c2cc(N3C[C@@H](C)N(CI)[C@@H](C)C3)ccc2C)c1. The summed E-state index contributed by atoms with van der Waals surface area (Å²) >= 11 is 2.44. The van der Waals surface area contributed by atoms with Crippen LogP contribution < -0.4 is 20.3 Å². The van der Waals surface area contributed by atoms with E-state index >= 15 is 0 Å². The van der Waals surface area contributed by atoms with Crippen LogP contribution in [-0.4, -0.2) is 60.9 Å². The van der Waals surface area contributed by atoms with Crippen molar-refractivity contribution < 1.29 is 9.53 Å². The van der Waals surface area contributed by atoms with Crippen molar-refractivity contribution in [2.24, 2.45) is 0 Å². The fraction of sp³-hybridized carbons (Fsp3) is 0.429. The highest BCUT2D eigenvalue weighted by molar-refractivity contribution is 14.1. The fourth-order valence-electron chi connectivity index (χ4n) is 4.73. The van der Waals surface area contributed by atoms with E-state index in [2.05, 4.69) is 62.9 Å². The highest BCUT2D eigenvalue weighted by Crippen LogP contribution is 2.28. The van der Waals surface area contributed by atoms with Gasteiger partial charge >= 0.3 is 0 Å². The minimum atomic E-state index is -0.247. The van der Waals surface area contributed by atoms with Crippen molar-refractivity contribution in [3.63, 3.8) is 0 Å². The number of amides is 1. The third-order valence-corrected chi connectivity index (χ3v) is 7.66. The number of piperazine rings is 1. The van der Waals surface area contributed by atoms with E-state index in [-0.39, 0.29) is 11.9 Å². The van der Waals surface area contributed by atoms with Crippen LogP contribution in [0.25, 0.3) is 5.57 Å². The number of rotatable bonds is 9. The van der Waals surface area contributed by atoms with Gasteiger partial charge in [-0.25, -0.2) is 0 Å². The normalized spacial score (nSPS) is 19.5. The zero-order valence-corrected chi connectivity index (χ0v) is 24.2. The summed E-state index contributed by atoms with van der Waals surface area (Å²) < 4.78 is 6.52. The molecule has 7 nitrogen and oxygen atoms in total. The zero-order valence-electron chi connectivity index (χ0n) is 22.1. The minimum absolute atomic E-state index is 0.101. The van der Waals surface area contributed by atoms with Crippen molar-refractivity contribution in [1.82, 2.24) is 15.5 Å². The Morgan fingerprint density at radius 3 is 2.50 bits per heavy atom. The van der Waals surface area contributed by atoms with Gasteiger partial charge < -0.3 is 25.7 Å². The number of allylic oxidation sites excluding steroid dienone is 1. The molecule has 1 aliphatic rings. The Morgan fingerprint density at radius 2 is 1.92 bits per heavy atom. The molecular weight excluding hydrogens is 565 g/mol. The summed E-state index contributed by atoms with van der Waals surface area (Å²) in [6.07, 6.45) is 3.07. The number of anilines is 1. The summed E-state index contributed by atoms with van der Waals surface area (Å²) in [5.41, 5.74) is 5.21. The molecule has 8 heteroatoms. The van der Waals surface area contributed by atoms with Crippen LogP contribution in [0.5, 0.6) is 5.75 Å². The molecule has 0 bridgehead atoms. The van der Waals surface area contributed by atoms with Crippen molar-refractivity contribution in [1.29, 1.82) is 5.41 Å². The summed E-state index contributed by atoms with van der Waals surface area (Å²) in [5, 5.41) is 13.9. The lowest BCUT2D eigenvalue weighted by molar-refractivity contribution is 0.0939. The average molecular weight is 604 g/mol. The number of hydrogen-bond acceptors (Lipinski definition) is 6. The quantitative estimate of drug-likeness (QED) is 0.163. The van der Waals surface area contributed by atoms with Crippen LogP contribution in [0.3, 0.4) is 0 Å². The van der Waals surface area contributed by atoms with Gasteiger partial charge in [-0.2, -0.15) is 0 Å². The molecule has 2 aromatic rings. The number of alkyl halides is 1. The number of aryl methyl sites for hydroxylation is 1. The fourth-order valence-corrected chi connectivity index (χ4v) is 6.08. The second kappa shape index (κ2) is 12.6. The molecule has 1 aliphatic heterocycles. The summed E-state index contributed by atoms with van der Waals surface area (Å²) in [5.74, 6) is 0.579. The monoisotopic (exact) mass is 603 g/mol. The Labute approximate surface area is 228 Å². The maximum atomic E-state index is 13.4. The van der Waals surface area contributed by atoms with E-state index in [1.54, 1.807) is 20.4 Å². The maximum absolute atomic E-state index is 13.4. The van der Waals surface area contributed by atoms with E-state index in [0.717, 1.165) is 45.6 Å². The third-order valence-electron chi connectivity index (χ3n) is 6.87. The summed E-state index contributed by atoms with van der Waals surface area (Å²) in [6, 6.07) is 12.6. The number of carbonyl (C=O) groups excluding carboxylic acids is 1. The van der Waals surface area contributed by atoms with Gasteiger partial charge in [-0.15, -0.1) is 0 Å². The molecule has 0 unspecified atom stereocenters. The number of nitrogens with one attached hydrogen (secondary N) is 3. The van der Waals surface area contributed by atoms with E-state index in [4.69, 9.17) is 10.1 Å². The number of nitrogens with zero attached hydrogens (tertiary/aromatic N) is 2. The number of ether oxygens (including phenoxy) is 1. The van der Waals surface area contributed by atoms with Crippen molar-refractivity contribution in [3.8, 4) is 5.75 Å². The molecule has 3 N–H and O–H groups in total. The highest BCUT2D eigenvalue weighted by atomic mass is 127. The lowest BCUT2D eigenvalue weighted by atomic mass is 9.99. The number of benzene rings is 2. The first kappa shape index (κ1) is 28.0. The van der Waals surface area contributed by atoms with Crippen LogP contribution >= 0.6 is 22.6 Å². The third kappa shape index (κ3) is 6.39. The summed E-state index contributed by atoms with van der Waals surface area (Å²) in [7, 11) is 3.42. The Balaban J connectivity index is 1.83. The van der Waals surface area contributed by atoms with E-state index in [9.17, 15) is 4.79 Å². The minimum Gasteiger partial charge on any atom is -0.497 e. The van der Waals surface area contributed by atoms with Crippen LogP contribution in [0, 0.1) is 12.3 Å². The van der Waals surface area contributed by atoms with Gasteiger partial charge in [0.15, 0.2) is 0 Å². The van der Waals surface area contributed by atoms with Crippen LogP contribution in [0.2, 0.25) is 0 Å². The lowest BCUT2D eigenvalue weighted by Gasteiger charge is -2.44. The first-order valence-corrected chi connectivity index (χ1v) is 13.8. The van der Waals surface area contributed by atoms with Gasteiger partial charge in [-0.05, 0) is 74.7 Å². The molecule has 3 atom stereocenters. The molecule has 194 valence electrons. The predicted octanol–water partition coefficient (Wildman–Crippen LogP) is 5.00. The van der Waals surface area contributed by atoms with Gasteiger partial charge in [-0.3, -0.25) is 9.69 Å². The van der Waals surface area contributed by atoms with Crippen molar-refractivity contribution in [3.05, 3.63) is 64.9 Å². The Morgan fingerprint density at radius 1 is 1.22 bits per heavy atom. The smallest absolute Gasteiger partial charge is 0.252 e. The number of methoxy groups -OCH3 is 1. The number of hydrogen-bond donors (Lipinski definition) is 3. The van der Waals surface area contributed by atoms with Crippen molar-refractivity contribution in [2.45, 2.75) is 45.8 Å². The summed E-state index contributed by atoms with van der Waals surface area (Å²) in [4.78, 5) is 18.3. The van der Waals surface area contributed by atoms with Gasteiger partial charge in [0.25, 0.3) is 5.91 Å². The van der Waals surface area contributed by atoms with Gasteiger partial charge in [-0.1, -0.05) is 28.7 Å². The van der Waals surface area contributed by atoms with E-state index in [1.807, 2.05) is 44.2 Å². The number of halogens is 1. The van der Waals surface area contributed by atoms with Gasteiger partial charge in [0.05, 0.1) is 17.7 Å². The predicted molar refractivity (Wildman–Crippen MR) is 158 cm³/mol. The van der Waals surface area contributed by atoms with Crippen LogP contribution in [0.15, 0.2) is 42.6 Å². The van der Waals surface area contributed by atoms with Crippen molar-refractivity contribution >= 4 is 46.0 Å². The summed E-state index contributed by atoms with van der Waals surface area (Å²) in [6.45, 7) is 10.4. The first-order valence-electron chi connectivity index (χ1n) is 12.3. The Hall–Kier alpha value is -2.59. The molecule has 0 spiro atoms. The first-order chi connectivity index (χ1) is 17.2. The lowest BCUT2D eigenvalue weighted by Crippen LogP contribution is -2.56.